The van der Waals surface area contributed by atoms with Gasteiger partial charge < -0.3 is 9.86 Å². The zero-order chi connectivity index (χ0) is 10.4. The van der Waals surface area contributed by atoms with Crippen LogP contribution in [-0.2, 0) is 9.55 Å². The summed E-state index contributed by atoms with van der Waals surface area (Å²) in [6, 6.07) is 0. The molecular weight excluding hydrogens is 181 g/mol. The van der Waals surface area contributed by atoms with E-state index in [1.165, 1.54) is 0 Å². The first-order valence-corrected chi connectivity index (χ1v) is 5.13. The van der Waals surface area contributed by atoms with Crippen molar-refractivity contribution in [1.29, 1.82) is 0 Å². The Kier molecular flexibility index (Phi) is 4.97. The summed E-state index contributed by atoms with van der Waals surface area (Å²) in [5, 5.41) is 8.79. The lowest BCUT2D eigenvalue weighted by Gasteiger charge is -2.25. The summed E-state index contributed by atoms with van der Waals surface area (Å²) < 4.78 is 4.92. The Balaban J connectivity index is 2.12. The second-order valence-electron chi connectivity index (χ2n) is 3.76. The minimum Gasteiger partial charge on any atom is -0.481 e. The summed E-state index contributed by atoms with van der Waals surface area (Å²) >= 11 is 0. The molecule has 0 heterocycles. The number of rotatable bonds is 5. The normalized spacial score (nSPS) is 27.2. The molecule has 14 heavy (non-hydrogen) atoms. The molecular formula is C9H17BNO3. The molecule has 1 fully saturated rings. The molecule has 1 aliphatic rings. The monoisotopic (exact) mass is 198 g/mol. The highest BCUT2D eigenvalue weighted by atomic mass is 16.6. The van der Waals surface area contributed by atoms with Gasteiger partial charge in [0.1, 0.15) is 0 Å². The second-order valence-corrected chi connectivity index (χ2v) is 3.76. The molecule has 0 saturated heterocycles. The molecule has 79 valence electrons. The molecule has 0 spiro atoms. The SMILES string of the molecule is C[B]ONCC1CCC(C(=O)O)CC1. The van der Waals surface area contributed by atoms with Gasteiger partial charge in [-0.25, -0.2) is 5.48 Å². The Morgan fingerprint density at radius 1 is 1.50 bits per heavy atom. The summed E-state index contributed by atoms with van der Waals surface area (Å²) in [4.78, 5) is 10.7. The number of carboxylic acid groups (broad SMARTS) is 1. The van der Waals surface area contributed by atoms with Gasteiger partial charge in [0.2, 0.25) is 0 Å². The standard InChI is InChI=1S/C9H17BNO3/c1-10-14-11-6-7-2-4-8(5-3-7)9(12)13/h7-8,11H,2-6H2,1H3,(H,12,13). The van der Waals surface area contributed by atoms with Crippen LogP contribution < -0.4 is 5.48 Å². The highest BCUT2D eigenvalue weighted by Crippen LogP contribution is 2.28. The molecule has 4 nitrogen and oxygen atoms in total. The third kappa shape index (κ3) is 3.68. The Hall–Kier alpha value is -0.545. The molecule has 0 aliphatic heterocycles. The Bertz CT molecular complexity index is 181. The van der Waals surface area contributed by atoms with Crippen LogP contribution in [0, 0.1) is 11.8 Å². The van der Waals surface area contributed by atoms with Crippen molar-refractivity contribution >= 4 is 13.5 Å². The summed E-state index contributed by atoms with van der Waals surface area (Å²) in [6.45, 7) is 2.63. The fourth-order valence-corrected chi connectivity index (χ4v) is 1.86. The zero-order valence-corrected chi connectivity index (χ0v) is 8.53. The molecule has 2 N–H and O–H groups in total. The molecule has 1 saturated carbocycles. The van der Waals surface area contributed by atoms with E-state index in [1.807, 2.05) is 6.82 Å². The Morgan fingerprint density at radius 3 is 2.64 bits per heavy atom. The maximum Gasteiger partial charge on any atom is 0.320 e. The maximum atomic E-state index is 10.7. The van der Waals surface area contributed by atoms with Crippen LogP contribution in [0.15, 0.2) is 0 Å². The van der Waals surface area contributed by atoms with Crippen LogP contribution >= 0.6 is 0 Å². The van der Waals surface area contributed by atoms with Crippen molar-refractivity contribution in [2.75, 3.05) is 6.54 Å². The lowest BCUT2D eigenvalue weighted by atomic mass is 9.82. The van der Waals surface area contributed by atoms with Crippen LogP contribution in [0.5, 0.6) is 0 Å². The van der Waals surface area contributed by atoms with Crippen molar-refractivity contribution in [2.45, 2.75) is 32.5 Å². The second kappa shape index (κ2) is 6.04. The third-order valence-corrected chi connectivity index (χ3v) is 2.77. The van der Waals surface area contributed by atoms with E-state index in [2.05, 4.69) is 5.48 Å². The predicted molar refractivity (Wildman–Crippen MR) is 53.8 cm³/mol. The van der Waals surface area contributed by atoms with E-state index in [0.29, 0.717) is 5.92 Å². The first kappa shape index (κ1) is 11.5. The smallest absolute Gasteiger partial charge is 0.320 e. The topological polar surface area (TPSA) is 58.6 Å². The first-order valence-electron chi connectivity index (χ1n) is 5.13. The van der Waals surface area contributed by atoms with E-state index in [0.717, 1.165) is 32.2 Å². The third-order valence-electron chi connectivity index (χ3n) is 2.77. The maximum absolute atomic E-state index is 10.7. The fourth-order valence-electron chi connectivity index (χ4n) is 1.86. The van der Waals surface area contributed by atoms with Gasteiger partial charge in [-0.3, -0.25) is 4.79 Å². The Morgan fingerprint density at radius 2 is 2.14 bits per heavy atom. The summed E-state index contributed by atoms with van der Waals surface area (Å²) in [6.07, 6.45) is 3.57. The van der Waals surface area contributed by atoms with Crippen LogP contribution in [0.1, 0.15) is 25.7 Å². The summed E-state index contributed by atoms with van der Waals surface area (Å²) in [5.41, 5.74) is 2.85. The molecule has 5 heteroatoms. The Labute approximate surface area is 85.2 Å². The predicted octanol–water partition coefficient (Wildman–Crippen LogP) is 1.07. The number of carboxylic acids is 1. The number of aliphatic carboxylic acids is 1. The average molecular weight is 198 g/mol. The van der Waals surface area contributed by atoms with Crippen molar-refractivity contribution in [1.82, 2.24) is 5.48 Å². The van der Waals surface area contributed by atoms with Crippen molar-refractivity contribution < 1.29 is 14.7 Å². The van der Waals surface area contributed by atoms with Gasteiger partial charge in [0, 0.05) is 6.54 Å². The van der Waals surface area contributed by atoms with E-state index in [-0.39, 0.29) is 5.92 Å². The van der Waals surface area contributed by atoms with E-state index in [1.54, 1.807) is 7.48 Å². The van der Waals surface area contributed by atoms with E-state index in [4.69, 9.17) is 9.86 Å². The van der Waals surface area contributed by atoms with Crippen molar-refractivity contribution in [2.24, 2.45) is 11.8 Å². The highest BCUT2D eigenvalue weighted by Gasteiger charge is 2.25. The van der Waals surface area contributed by atoms with Gasteiger partial charge in [0.05, 0.1) is 5.92 Å². The van der Waals surface area contributed by atoms with Crippen LogP contribution in [0.3, 0.4) is 0 Å². The van der Waals surface area contributed by atoms with Crippen molar-refractivity contribution in [3.05, 3.63) is 0 Å². The number of hydrogen-bond donors (Lipinski definition) is 2. The van der Waals surface area contributed by atoms with Crippen LogP contribution in [0.4, 0.5) is 0 Å². The van der Waals surface area contributed by atoms with Gasteiger partial charge in [-0.1, -0.05) is 6.82 Å². The number of hydroxylamine groups is 1. The molecule has 0 atom stereocenters. The number of carbonyl (C=O) groups is 1. The molecule has 0 aromatic heterocycles. The minimum absolute atomic E-state index is 0.120. The molecule has 0 bridgehead atoms. The van der Waals surface area contributed by atoms with Gasteiger partial charge in [0.25, 0.3) is 0 Å². The van der Waals surface area contributed by atoms with E-state index in [9.17, 15) is 4.79 Å². The minimum atomic E-state index is -0.644. The fraction of sp³-hybridized carbons (Fsp3) is 0.889. The highest BCUT2D eigenvalue weighted by molar-refractivity contribution is 6.24. The lowest BCUT2D eigenvalue weighted by Crippen LogP contribution is -2.29. The van der Waals surface area contributed by atoms with Crippen LogP contribution in [0.25, 0.3) is 0 Å². The molecule has 0 aromatic rings. The number of nitrogens with one attached hydrogen (secondary N) is 1. The zero-order valence-electron chi connectivity index (χ0n) is 8.53. The van der Waals surface area contributed by atoms with Crippen LogP contribution in [-0.4, -0.2) is 25.1 Å². The van der Waals surface area contributed by atoms with E-state index < -0.39 is 5.97 Å². The average Bonchev–Trinajstić information content (AvgIpc) is 2.19. The molecule has 1 radical (unpaired) electrons. The van der Waals surface area contributed by atoms with Gasteiger partial charge in [-0.05, 0) is 31.6 Å². The van der Waals surface area contributed by atoms with Crippen molar-refractivity contribution in [3.63, 3.8) is 0 Å². The lowest BCUT2D eigenvalue weighted by molar-refractivity contribution is -0.143. The van der Waals surface area contributed by atoms with Crippen LogP contribution in [0.2, 0.25) is 6.82 Å². The molecule has 1 rings (SSSR count). The summed E-state index contributed by atoms with van der Waals surface area (Å²) in [5.74, 6) is -0.204. The van der Waals surface area contributed by atoms with Gasteiger partial charge >= 0.3 is 13.5 Å². The number of hydrogen-bond acceptors (Lipinski definition) is 3. The molecule has 0 amide bonds. The first-order chi connectivity index (χ1) is 6.74. The molecule has 0 unspecified atom stereocenters. The molecule has 1 aliphatic carbocycles. The molecule has 0 aromatic carbocycles. The quantitative estimate of drug-likeness (QED) is 0.394. The van der Waals surface area contributed by atoms with Crippen molar-refractivity contribution in [3.8, 4) is 0 Å². The summed E-state index contributed by atoms with van der Waals surface area (Å²) in [7, 11) is 1.60. The van der Waals surface area contributed by atoms with Gasteiger partial charge in [0.15, 0.2) is 0 Å². The largest absolute Gasteiger partial charge is 0.481 e. The van der Waals surface area contributed by atoms with Gasteiger partial charge in [-0.15, -0.1) is 0 Å². The van der Waals surface area contributed by atoms with Gasteiger partial charge in [-0.2, -0.15) is 0 Å². The van der Waals surface area contributed by atoms with E-state index >= 15 is 0 Å².